The zero-order valence-electron chi connectivity index (χ0n) is 8.16. The molecule has 0 unspecified atom stereocenters. The minimum Gasteiger partial charge on any atom is -0.302 e. The van der Waals surface area contributed by atoms with Crippen LogP contribution in [0, 0.1) is 6.92 Å². The summed E-state index contributed by atoms with van der Waals surface area (Å²) in [6.07, 6.45) is 0.800. The second-order valence-electron chi connectivity index (χ2n) is 4.09. The molecule has 2 heteroatoms. The molecule has 2 rings (SSSR count). The molecule has 0 saturated heterocycles. The summed E-state index contributed by atoms with van der Waals surface area (Å²) < 4.78 is 12.9. The summed E-state index contributed by atoms with van der Waals surface area (Å²) in [5.41, 5.74) is 1.53. The first-order valence-corrected chi connectivity index (χ1v) is 4.84. The normalized spacial score (nSPS) is 30.9. The molecule has 0 amide bonds. The van der Waals surface area contributed by atoms with E-state index in [4.69, 9.17) is 0 Å². The molecule has 1 aliphatic rings. The van der Waals surface area contributed by atoms with Crippen molar-refractivity contribution in [2.45, 2.75) is 31.4 Å². The molecule has 1 aromatic carbocycles. The van der Waals surface area contributed by atoms with Crippen LogP contribution in [0.25, 0.3) is 0 Å². The summed E-state index contributed by atoms with van der Waals surface area (Å²) in [6.45, 7) is 1.96. The number of carbonyl (C=O) groups excluding carboxylic acids is 1. The number of benzene rings is 1. The third-order valence-corrected chi connectivity index (χ3v) is 3.08. The van der Waals surface area contributed by atoms with Gasteiger partial charge in [-0.3, -0.25) is 0 Å². The molecule has 1 saturated carbocycles. The first-order chi connectivity index (χ1) is 6.68. The quantitative estimate of drug-likeness (QED) is 0.658. The molecule has 0 spiro atoms. The summed E-state index contributed by atoms with van der Waals surface area (Å²) in [5, 5.41) is 0. The van der Waals surface area contributed by atoms with Gasteiger partial charge in [-0.15, -0.1) is 0 Å². The van der Waals surface area contributed by atoms with Gasteiger partial charge in [-0.25, -0.2) is 4.39 Å². The summed E-state index contributed by atoms with van der Waals surface area (Å²) >= 11 is 0. The Bertz CT molecular complexity index is 353. The molecule has 14 heavy (non-hydrogen) atoms. The van der Waals surface area contributed by atoms with E-state index in [0.717, 1.165) is 17.4 Å². The van der Waals surface area contributed by atoms with Gasteiger partial charge in [0.05, 0.1) is 5.41 Å². The van der Waals surface area contributed by atoms with Crippen LogP contribution in [0.3, 0.4) is 0 Å². The van der Waals surface area contributed by atoms with Crippen LogP contribution in [-0.4, -0.2) is 12.5 Å². The highest BCUT2D eigenvalue weighted by Crippen LogP contribution is 2.44. The van der Waals surface area contributed by atoms with Crippen LogP contribution in [0.2, 0.25) is 0 Å². The summed E-state index contributed by atoms with van der Waals surface area (Å²) in [5.74, 6) is 0. The van der Waals surface area contributed by atoms with Crippen molar-refractivity contribution in [3.05, 3.63) is 35.4 Å². The molecule has 0 N–H and O–H groups in total. The zero-order chi connectivity index (χ0) is 10.2. The topological polar surface area (TPSA) is 17.1 Å². The van der Waals surface area contributed by atoms with Gasteiger partial charge in [0.25, 0.3) is 0 Å². The van der Waals surface area contributed by atoms with Gasteiger partial charge in [0.1, 0.15) is 12.5 Å². The van der Waals surface area contributed by atoms with Crippen LogP contribution in [0.1, 0.15) is 24.0 Å². The largest absolute Gasteiger partial charge is 0.302 e. The SMILES string of the molecule is Cc1ccccc1C1(C=O)CC(F)C1. The highest BCUT2D eigenvalue weighted by atomic mass is 19.1. The predicted octanol–water partition coefficient (Wildman–Crippen LogP) is 2.56. The lowest BCUT2D eigenvalue weighted by molar-refractivity contribution is -0.117. The van der Waals surface area contributed by atoms with Crippen molar-refractivity contribution in [2.75, 3.05) is 0 Å². The number of carbonyl (C=O) groups is 1. The van der Waals surface area contributed by atoms with Gasteiger partial charge in [-0.2, -0.15) is 0 Å². The van der Waals surface area contributed by atoms with Gasteiger partial charge in [-0.1, -0.05) is 24.3 Å². The van der Waals surface area contributed by atoms with Crippen LogP contribution < -0.4 is 0 Å². The number of hydrogen-bond acceptors (Lipinski definition) is 1. The number of hydrogen-bond donors (Lipinski definition) is 0. The third kappa shape index (κ3) is 1.26. The fourth-order valence-electron chi connectivity index (χ4n) is 2.24. The van der Waals surface area contributed by atoms with Gasteiger partial charge in [-0.05, 0) is 30.9 Å². The van der Waals surface area contributed by atoms with Crippen molar-refractivity contribution >= 4 is 6.29 Å². The molecule has 0 aromatic heterocycles. The molecule has 74 valence electrons. The van der Waals surface area contributed by atoms with Crippen LogP contribution in [0.4, 0.5) is 4.39 Å². The minimum atomic E-state index is -0.806. The van der Waals surface area contributed by atoms with Gasteiger partial charge in [0.15, 0.2) is 0 Å². The molecule has 0 aliphatic heterocycles. The Morgan fingerprint density at radius 1 is 1.43 bits per heavy atom. The molecule has 1 aliphatic carbocycles. The molecule has 1 fully saturated rings. The maximum atomic E-state index is 12.9. The standard InChI is InChI=1S/C12H13FO/c1-9-4-2-3-5-11(9)12(8-14)6-10(13)7-12/h2-5,8,10H,6-7H2,1H3. The second kappa shape index (κ2) is 3.19. The van der Waals surface area contributed by atoms with E-state index in [-0.39, 0.29) is 0 Å². The van der Waals surface area contributed by atoms with E-state index >= 15 is 0 Å². The van der Waals surface area contributed by atoms with Crippen molar-refractivity contribution in [3.63, 3.8) is 0 Å². The van der Waals surface area contributed by atoms with E-state index in [1.807, 2.05) is 31.2 Å². The molecule has 0 heterocycles. The summed E-state index contributed by atoms with van der Waals surface area (Å²) in [7, 11) is 0. The van der Waals surface area contributed by atoms with Crippen LogP contribution in [-0.2, 0) is 10.2 Å². The van der Waals surface area contributed by atoms with Crippen molar-refractivity contribution in [2.24, 2.45) is 0 Å². The van der Waals surface area contributed by atoms with Crippen LogP contribution in [0.5, 0.6) is 0 Å². The monoisotopic (exact) mass is 192 g/mol. The van der Waals surface area contributed by atoms with Crippen LogP contribution in [0.15, 0.2) is 24.3 Å². The lowest BCUT2D eigenvalue weighted by atomic mass is 9.63. The zero-order valence-corrected chi connectivity index (χ0v) is 8.16. The minimum absolute atomic E-state index is 0.349. The number of rotatable bonds is 2. The van der Waals surface area contributed by atoms with E-state index < -0.39 is 11.6 Å². The number of aryl methyl sites for hydroxylation is 1. The molecule has 1 nitrogen and oxygen atoms in total. The highest BCUT2D eigenvalue weighted by molar-refractivity contribution is 5.71. The molecular formula is C12H13FO. The van der Waals surface area contributed by atoms with E-state index in [9.17, 15) is 9.18 Å². The molecule has 0 radical (unpaired) electrons. The molecule has 1 aromatic rings. The first kappa shape index (κ1) is 9.38. The summed E-state index contributed by atoms with van der Waals surface area (Å²) in [6, 6.07) is 7.73. The first-order valence-electron chi connectivity index (χ1n) is 4.84. The van der Waals surface area contributed by atoms with E-state index in [2.05, 4.69) is 0 Å². The number of alkyl halides is 1. The molecular weight excluding hydrogens is 179 g/mol. The fraction of sp³-hybridized carbons (Fsp3) is 0.417. The van der Waals surface area contributed by atoms with Crippen molar-refractivity contribution < 1.29 is 9.18 Å². The Labute approximate surface area is 82.9 Å². The van der Waals surface area contributed by atoms with E-state index in [0.29, 0.717) is 12.8 Å². The lowest BCUT2D eigenvalue weighted by Crippen LogP contribution is -2.44. The van der Waals surface area contributed by atoms with Crippen molar-refractivity contribution in [3.8, 4) is 0 Å². The number of halogens is 1. The van der Waals surface area contributed by atoms with Crippen LogP contribution >= 0.6 is 0 Å². The van der Waals surface area contributed by atoms with Gasteiger partial charge in [0, 0.05) is 0 Å². The Balaban J connectivity index is 2.38. The third-order valence-electron chi connectivity index (χ3n) is 3.08. The Hall–Kier alpha value is -1.18. The summed E-state index contributed by atoms with van der Waals surface area (Å²) in [4.78, 5) is 11.0. The van der Waals surface area contributed by atoms with Gasteiger partial charge < -0.3 is 4.79 Å². The Kier molecular flexibility index (Phi) is 2.14. The number of aldehydes is 1. The van der Waals surface area contributed by atoms with E-state index in [1.54, 1.807) is 0 Å². The highest BCUT2D eigenvalue weighted by Gasteiger charge is 2.46. The second-order valence-corrected chi connectivity index (χ2v) is 4.09. The van der Waals surface area contributed by atoms with Gasteiger partial charge >= 0.3 is 0 Å². The Morgan fingerprint density at radius 3 is 2.57 bits per heavy atom. The molecule has 0 bridgehead atoms. The smallest absolute Gasteiger partial charge is 0.130 e. The lowest BCUT2D eigenvalue weighted by Gasteiger charge is -2.40. The fourth-order valence-corrected chi connectivity index (χ4v) is 2.24. The van der Waals surface area contributed by atoms with Crippen molar-refractivity contribution in [1.29, 1.82) is 0 Å². The average molecular weight is 192 g/mol. The average Bonchev–Trinajstić information content (AvgIpc) is 2.14. The van der Waals surface area contributed by atoms with Crippen molar-refractivity contribution in [1.82, 2.24) is 0 Å². The molecule has 0 atom stereocenters. The van der Waals surface area contributed by atoms with Gasteiger partial charge in [0.2, 0.25) is 0 Å². The Morgan fingerprint density at radius 2 is 2.07 bits per heavy atom. The van der Waals surface area contributed by atoms with E-state index in [1.165, 1.54) is 0 Å². The maximum Gasteiger partial charge on any atom is 0.130 e. The maximum absolute atomic E-state index is 12.9. The predicted molar refractivity (Wildman–Crippen MR) is 53.1 cm³/mol.